The van der Waals surface area contributed by atoms with Gasteiger partial charge in [0.2, 0.25) is 10.9 Å². The summed E-state index contributed by atoms with van der Waals surface area (Å²) in [6.45, 7) is 0.787. The summed E-state index contributed by atoms with van der Waals surface area (Å²) in [4.78, 5) is 26.1. The number of benzene rings is 2. The molecule has 1 aromatic carbocycles. The summed E-state index contributed by atoms with van der Waals surface area (Å²) in [5.74, 6) is 0. The molecule has 0 saturated carbocycles. The van der Waals surface area contributed by atoms with Gasteiger partial charge in [0.25, 0.3) is 0 Å². The van der Waals surface area contributed by atoms with Crippen LogP contribution in [-0.4, -0.2) is 41.3 Å². The van der Waals surface area contributed by atoms with Crippen LogP contribution < -0.4 is 10.9 Å². The van der Waals surface area contributed by atoms with E-state index in [1.54, 1.807) is 6.07 Å². The molecular formula is C17H17ClN2O3S. The molecular weight excluding hydrogens is 348 g/mol. The summed E-state index contributed by atoms with van der Waals surface area (Å²) in [6.07, 6.45) is -0.621. The normalized spacial score (nSPS) is 13.0. The molecule has 1 aliphatic heterocycles. The highest BCUT2D eigenvalue weighted by Crippen LogP contribution is 2.33. The number of aliphatic hydroxyl groups is 1. The number of aromatic nitrogens is 1. The zero-order valence-electron chi connectivity index (χ0n) is 13.3. The molecule has 1 aromatic rings. The van der Waals surface area contributed by atoms with Crippen LogP contribution in [0.2, 0.25) is 5.02 Å². The first kappa shape index (κ1) is 17.1. The van der Waals surface area contributed by atoms with Crippen LogP contribution in [0.1, 0.15) is 0 Å². The second kappa shape index (κ2) is 6.64. The Labute approximate surface area is 147 Å². The van der Waals surface area contributed by atoms with E-state index in [-0.39, 0.29) is 0 Å². The molecule has 3 rings (SSSR count). The smallest absolute Gasteiger partial charge is 0.227 e. The largest absolute Gasteiger partial charge is 0.390 e. The van der Waals surface area contributed by atoms with Crippen LogP contribution in [0.5, 0.6) is 0 Å². The first-order valence-electron chi connectivity index (χ1n) is 7.45. The summed E-state index contributed by atoms with van der Waals surface area (Å²) < 4.78 is 2.80. The van der Waals surface area contributed by atoms with Crippen molar-refractivity contribution in [1.29, 1.82) is 0 Å². The Hall–Kier alpha value is -1.73. The maximum Gasteiger partial charge on any atom is 0.227 e. The Bertz CT molecular complexity index is 980. The zero-order valence-corrected chi connectivity index (χ0v) is 14.9. The van der Waals surface area contributed by atoms with Crippen LogP contribution in [0.25, 0.3) is 20.8 Å². The molecule has 7 heteroatoms. The average Bonchev–Trinajstić information content (AvgIpc) is 2.49. The molecule has 126 valence electrons. The van der Waals surface area contributed by atoms with Gasteiger partial charge in [0.1, 0.15) is 0 Å². The van der Waals surface area contributed by atoms with Crippen molar-refractivity contribution in [3.8, 4) is 10.6 Å². The zero-order chi connectivity index (χ0) is 17.4. The van der Waals surface area contributed by atoms with Gasteiger partial charge in [0.15, 0.2) is 0 Å². The first-order chi connectivity index (χ1) is 11.3. The lowest BCUT2D eigenvalue weighted by Gasteiger charge is -2.22. The fourth-order valence-corrected chi connectivity index (χ4v) is 4.00. The van der Waals surface area contributed by atoms with Gasteiger partial charge in [-0.2, -0.15) is 0 Å². The van der Waals surface area contributed by atoms with Gasteiger partial charge in [-0.3, -0.25) is 9.59 Å². The van der Waals surface area contributed by atoms with Gasteiger partial charge in [-0.25, -0.2) is 0 Å². The maximum atomic E-state index is 11.8. The molecule has 1 atom stereocenters. The minimum absolute atomic E-state index is 0.302. The number of rotatable bonds is 4. The highest BCUT2D eigenvalue weighted by molar-refractivity contribution is 7.21. The number of fused-ring (bicyclic) bond motifs is 2. The van der Waals surface area contributed by atoms with Crippen LogP contribution >= 0.6 is 22.9 Å². The average molecular weight is 365 g/mol. The third-order valence-electron chi connectivity index (χ3n) is 3.72. The third kappa shape index (κ3) is 3.37. The Morgan fingerprint density at radius 2 is 1.92 bits per heavy atom. The fourth-order valence-electron chi connectivity index (χ4n) is 2.75. The predicted molar refractivity (Wildman–Crippen MR) is 98.5 cm³/mol. The quantitative estimate of drug-likeness (QED) is 0.569. The number of likely N-dealkylation sites (N-methyl/N-ethyl adjacent to an activating group) is 1. The summed E-state index contributed by atoms with van der Waals surface area (Å²) in [7, 11) is 3.76. The van der Waals surface area contributed by atoms with Crippen LogP contribution in [0.3, 0.4) is 0 Å². The number of aliphatic hydroxyl groups excluding tert-OH is 1. The molecule has 0 bridgehead atoms. The SMILES string of the molecule is CN(C)CC(O)Cn1c2cc(=O)c(=O)cc-2sc2ccc(Cl)cc21. The van der Waals surface area contributed by atoms with Crippen molar-refractivity contribution < 1.29 is 5.11 Å². The van der Waals surface area contributed by atoms with Crippen molar-refractivity contribution in [3.63, 3.8) is 0 Å². The summed E-state index contributed by atoms with van der Waals surface area (Å²) in [5.41, 5.74) is 0.396. The monoisotopic (exact) mass is 364 g/mol. The van der Waals surface area contributed by atoms with E-state index in [2.05, 4.69) is 0 Å². The molecule has 0 fully saturated rings. The fraction of sp³-hybridized carbons (Fsp3) is 0.294. The van der Waals surface area contributed by atoms with Gasteiger partial charge in [0.05, 0.1) is 33.4 Å². The van der Waals surface area contributed by atoms with Gasteiger partial charge < -0.3 is 14.6 Å². The van der Waals surface area contributed by atoms with Crippen molar-refractivity contribution in [2.75, 3.05) is 20.6 Å². The molecule has 5 nitrogen and oxygen atoms in total. The van der Waals surface area contributed by atoms with E-state index in [4.69, 9.17) is 11.6 Å². The Balaban J connectivity index is 2.28. The van der Waals surface area contributed by atoms with Crippen molar-refractivity contribution in [3.05, 3.63) is 55.8 Å². The second-order valence-electron chi connectivity index (χ2n) is 6.01. The van der Waals surface area contributed by atoms with Gasteiger partial charge in [0, 0.05) is 23.7 Å². The standard InChI is InChI=1S/C17H17ClN2O3S/c1-19(2)8-11(21)9-20-12-5-10(18)3-4-16(12)24-17-7-15(23)14(22)6-13(17)20/h3-7,11,21H,8-9H2,1-2H3. The third-order valence-corrected chi connectivity index (χ3v) is 5.06. The van der Waals surface area contributed by atoms with Crippen LogP contribution in [0.4, 0.5) is 0 Å². The van der Waals surface area contributed by atoms with Crippen LogP contribution in [0, 0.1) is 0 Å². The number of halogens is 1. The second-order valence-corrected chi connectivity index (χ2v) is 7.53. The van der Waals surface area contributed by atoms with Crippen molar-refractivity contribution in [1.82, 2.24) is 9.47 Å². The van der Waals surface area contributed by atoms with Gasteiger partial charge in [-0.05, 0) is 32.3 Å². The maximum absolute atomic E-state index is 11.8. The molecule has 0 aromatic heterocycles. The van der Waals surface area contributed by atoms with Crippen molar-refractivity contribution in [2.45, 2.75) is 12.6 Å². The topological polar surface area (TPSA) is 62.5 Å². The molecule has 0 saturated heterocycles. The van der Waals surface area contributed by atoms with Crippen molar-refractivity contribution in [2.24, 2.45) is 0 Å². The van der Waals surface area contributed by atoms with Gasteiger partial charge >= 0.3 is 0 Å². The van der Waals surface area contributed by atoms with E-state index in [9.17, 15) is 14.7 Å². The Morgan fingerprint density at radius 1 is 1.21 bits per heavy atom. The molecule has 0 radical (unpaired) electrons. The molecule has 1 unspecified atom stereocenters. The van der Waals surface area contributed by atoms with E-state index >= 15 is 0 Å². The number of hydrogen-bond acceptors (Lipinski definition) is 5. The first-order valence-corrected chi connectivity index (χ1v) is 8.64. The minimum Gasteiger partial charge on any atom is -0.390 e. The highest BCUT2D eigenvalue weighted by Gasteiger charge is 2.17. The molecule has 1 N–H and O–H groups in total. The molecule has 0 spiro atoms. The molecule has 0 amide bonds. The van der Waals surface area contributed by atoms with E-state index in [1.807, 2.05) is 35.7 Å². The lowest BCUT2D eigenvalue weighted by atomic mass is 10.2. The lowest BCUT2D eigenvalue weighted by Crippen LogP contribution is -2.31. The van der Waals surface area contributed by atoms with Crippen molar-refractivity contribution >= 4 is 33.2 Å². The van der Waals surface area contributed by atoms with E-state index in [0.717, 1.165) is 10.2 Å². The van der Waals surface area contributed by atoms with E-state index in [1.165, 1.54) is 23.5 Å². The van der Waals surface area contributed by atoms with E-state index < -0.39 is 17.0 Å². The summed E-state index contributed by atoms with van der Waals surface area (Å²) in [5, 5.41) is 10.9. The summed E-state index contributed by atoms with van der Waals surface area (Å²) >= 11 is 7.56. The van der Waals surface area contributed by atoms with Crippen LogP contribution in [0.15, 0.2) is 39.9 Å². The molecule has 1 aliphatic carbocycles. The molecule has 1 heterocycles. The Morgan fingerprint density at radius 3 is 2.62 bits per heavy atom. The van der Waals surface area contributed by atoms with Gasteiger partial charge in [-0.15, -0.1) is 11.3 Å². The lowest BCUT2D eigenvalue weighted by molar-refractivity contribution is 0.121. The van der Waals surface area contributed by atoms with Crippen LogP contribution in [-0.2, 0) is 6.54 Å². The summed E-state index contributed by atoms with van der Waals surface area (Å²) in [6, 6.07) is 8.19. The Kier molecular flexibility index (Phi) is 4.73. The van der Waals surface area contributed by atoms with Gasteiger partial charge in [-0.1, -0.05) is 11.6 Å². The minimum atomic E-state index is -0.621. The predicted octanol–water partition coefficient (Wildman–Crippen LogP) is 2.10. The highest BCUT2D eigenvalue weighted by atomic mass is 35.5. The number of hydrogen-bond donors (Lipinski definition) is 1. The molecule has 2 aliphatic rings. The number of nitrogens with zero attached hydrogens (tertiary/aromatic N) is 2. The molecule has 24 heavy (non-hydrogen) atoms. The van der Waals surface area contributed by atoms with E-state index in [0.29, 0.717) is 28.7 Å².